The van der Waals surface area contributed by atoms with E-state index < -0.39 is 4.92 Å². The standard InChI is InChI=1S/C15H23N3O3/c1-4-9-16-14-8-7-12(18(20)21)11-13(14)15(19)17(6-3)10-5-2/h7-8,11,16H,4-6,9-10H2,1-3H3. The second kappa shape index (κ2) is 8.24. The van der Waals surface area contributed by atoms with E-state index in [-0.39, 0.29) is 11.6 Å². The molecule has 0 fully saturated rings. The molecule has 21 heavy (non-hydrogen) atoms. The van der Waals surface area contributed by atoms with Crippen LogP contribution in [-0.4, -0.2) is 35.4 Å². The van der Waals surface area contributed by atoms with Crippen molar-refractivity contribution in [3.8, 4) is 0 Å². The zero-order chi connectivity index (χ0) is 15.8. The number of carbonyl (C=O) groups excluding carboxylic acids is 1. The van der Waals surface area contributed by atoms with E-state index in [1.54, 1.807) is 11.0 Å². The Bertz CT molecular complexity index is 503. The number of non-ortho nitro benzene ring substituents is 1. The molecule has 1 aromatic carbocycles. The minimum absolute atomic E-state index is 0.0621. The summed E-state index contributed by atoms with van der Waals surface area (Å²) in [5.74, 6) is -0.165. The first-order chi connectivity index (χ1) is 10.0. The molecule has 0 spiro atoms. The summed E-state index contributed by atoms with van der Waals surface area (Å²) in [5, 5.41) is 14.1. The number of carbonyl (C=O) groups is 1. The first kappa shape index (κ1) is 16.9. The third kappa shape index (κ3) is 4.44. The van der Waals surface area contributed by atoms with Gasteiger partial charge in [0.05, 0.1) is 10.5 Å². The van der Waals surface area contributed by atoms with Crippen LogP contribution in [0.5, 0.6) is 0 Å². The minimum atomic E-state index is -0.476. The predicted octanol–water partition coefficient (Wildman–Crippen LogP) is 3.29. The molecular weight excluding hydrogens is 270 g/mol. The average molecular weight is 293 g/mol. The summed E-state index contributed by atoms with van der Waals surface area (Å²) in [6.07, 6.45) is 1.77. The number of nitro benzene ring substituents is 1. The molecule has 1 amide bonds. The molecule has 116 valence electrons. The normalized spacial score (nSPS) is 10.2. The van der Waals surface area contributed by atoms with Crippen LogP contribution in [0, 0.1) is 10.1 Å². The van der Waals surface area contributed by atoms with Gasteiger partial charge in [-0.1, -0.05) is 13.8 Å². The number of anilines is 1. The molecule has 0 saturated carbocycles. The topological polar surface area (TPSA) is 75.5 Å². The summed E-state index contributed by atoms with van der Waals surface area (Å²) in [6, 6.07) is 4.39. The van der Waals surface area contributed by atoms with Gasteiger partial charge in [-0.3, -0.25) is 14.9 Å². The van der Waals surface area contributed by atoms with E-state index in [9.17, 15) is 14.9 Å². The molecule has 0 atom stereocenters. The highest BCUT2D eigenvalue weighted by Gasteiger charge is 2.20. The lowest BCUT2D eigenvalue weighted by atomic mass is 10.1. The Morgan fingerprint density at radius 2 is 2.00 bits per heavy atom. The molecule has 0 aliphatic rings. The van der Waals surface area contributed by atoms with Crippen molar-refractivity contribution in [3.63, 3.8) is 0 Å². The van der Waals surface area contributed by atoms with Crippen molar-refractivity contribution < 1.29 is 9.72 Å². The summed E-state index contributed by atoms with van der Waals surface area (Å²) >= 11 is 0. The van der Waals surface area contributed by atoms with Gasteiger partial charge in [-0.2, -0.15) is 0 Å². The van der Waals surface area contributed by atoms with Crippen molar-refractivity contribution in [2.45, 2.75) is 33.6 Å². The van der Waals surface area contributed by atoms with E-state index in [1.165, 1.54) is 12.1 Å². The zero-order valence-electron chi connectivity index (χ0n) is 12.9. The fourth-order valence-electron chi connectivity index (χ4n) is 2.08. The average Bonchev–Trinajstić information content (AvgIpc) is 2.49. The molecule has 0 aromatic heterocycles. The molecule has 0 aliphatic heterocycles. The first-order valence-corrected chi connectivity index (χ1v) is 7.36. The Balaban J connectivity index is 3.17. The maximum absolute atomic E-state index is 12.6. The lowest BCUT2D eigenvalue weighted by Crippen LogP contribution is -2.32. The summed E-state index contributed by atoms with van der Waals surface area (Å²) in [7, 11) is 0. The highest BCUT2D eigenvalue weighted by atomic mass is 16.6. The van der Waals surface area contributed by atoms with Crippen LogP contribution in [0.3, 0.4) is 0 Å². The lowest BCUT2D eigenvalue weighted by molar-refractivity contribution is -0.384. The van der Waals surface area contributed by atoms with Gasteiger partial charge >= 0.3 is 0 Å². The molecule has 0 aliphatic carbocycles. The van der Waals surface area contributed by atoms with Gasteiger partial charge < -0.3 is 10.2 Å². The Kier molecular flexibility index (Phi) is 6.65. The number of benzene rings is 1. The van der Waals surface area contributed by atoms with Gasteiger partial charge in [0, 0.05) is 37.5 Å². The van der Waals surface area contributed by atoms with E-state index in [2.05, 4.69) is 5.32 Å². The van der Waals surface area contributed by atoms with Crippen molar-refractivity contribution in [1.29, 1.82) is 0 Å². The van der Waals surface area contributed by atoms with E-state index in [4.69, 9.17) is 0 Å². The van der Waals surface area contributed by atoms with Crippen molar-refractivity contribution in [3.05, 3.63) is 33.9 Å². The monoisotopic (exact) mass is 293 g/mol. The van der Waals surface area contributed by atoms with Crippen LogP contribution in [0.25, 0.3) is 0 Å². The Hall–Kier alpha value is -2.11. The quantitative estimate of drug-likeness (QED) is 0.589. The molecule has 0 radical (unpaired) electrons. The van der Waals surface area contributed by atoms with E-state index in [0.29, 0.717) is 24.3 Å². The molecule has 0 heterocycles. The van der Waals surface area contributed by atoms with Gasteiger partial charge in [-0.05, 0) is 25.8 Å². The number of nitro groups is 1. The Labute approximate surface area is 125 Å². The van der Waals surface area contributed by atoms with Gasteiger partial charge in [0.25, 0.3) is 11.6 Å². The lowest BCUT2D eigenvalue weighted by Gasteiger charge is -2.21. The number of rotatable bonds is 8. The van der Waals surface area contributed by atoms with Crippen molar-refractivity contribution in [1.82, 2.24) is 4.90 Å². The van der Waals surface area contributed by atoms with Crippen LogP contribution in [-0.2, 0) is 0 Å². The van der Waals surface area contributed by atoms with Crippen LogP contribution in [0.2, 0.25) is 0 Å². The fraction of sp³-hybridized carbons (Fsp3) is 0.533. The van der Waals surface area contributed by atoms with Crippen LogP contribution in [0.1, 0.15) is 44.0 Å². The maximum Gasteiger partial charge on any atom is 0.270 e. The van der Waals surface area contributed by atoms with E-state index >= 15 is 0 Å². The van der Waals surface area contributed by atoms with Crippen molar-refractivity contribution in [2.24, 2.45) is 0 Å². The number of nitrogens with zero attached hydrogens (tertiary/aromatic N) is 2. The van der Waals surface area contributed by atoms with E-state index in [1.807, 2.05) is 20.8 Å². The van der Waals surface area contributed by atoms with Gasteiger partial charge in [0.1, 0.15) is 0 Å². The molecule has 1 N–H and O–H groups in total. The summed E-state index contributed by atoms with van der Waals surface area (Å²) in [4.78, 5) is 24.7. The largest absolute Gasteiger partial charge is 0.384 e. The molecule has 0 bridgehead atoms. The SMILES string of the molecule is CCCNc1ccc([N+](=O)[O-])cc1C(=O)N(CC)CCC. The second-order valence-corrected chi connectivity index (χ2v) is 4.80. The number of nitrogens with one attached hydrogen (secondary N) is 1. The molecule has 1 aromatic rings. The van der Waals surface area contributed by atoms with Crippen LogP contribution < -0.4 is 5.32 Å². The highest BCUT2D eigenvalue weighted by molar-refractivity contribution is 6.00. The molecule has 0 saturated heterocycles. The molecule has 6 heteroatoms. The van der Waals surface area contributed by atoms with Gasteiger partial charge in [0.15, 0.2) is 0 Å². The van der Waals surface area contributed by atoms with Crippen LogP contribution >= 0.6 is 0 Å². The third-order valence-corrected chi connectivity index (χ3v) is 3.17. The van der Waals surface area contributed by atoms with Crippen LogP contribution in [0.15, 0.2) is 18.2 Å². The maximum atomic E-state index is 12.6. The van der Waals surface area contributed by atoms with Crippen molar-refractivity contribution >= 4 is 17.3 Å². The predicted molar refractivity (Wildman–Crippen MR) is 83.7 cm³/mol. The molecule has 1 rings (SSSR count). The summed E-state index contributed by atoms with van der Waals surface area (Å²) < 4.78 is 0. The Morgan fingerprint density at radius 3 is 2.52 bits per heavy atom. The second-order valence-electron chi connectivity index (χ2n) is 4.80. The fourth-order valence-corrected chi connectivity index (χ4v) is 2.08. The number of hydrogen-bond acceptors (Lipinski definition) is 4. The van der Waals surface area contributed by atoms with Crippen molar-refractivity contribution in [2.75, 3.05) is 25.0 Å². The zero-order valence-corrected chi connectivity index (χ0v) is 12.9. The van der Waals surface area contributed by atoms with Gasteiger partial charge in [-0.15, -0.1) is 0 Å². The summed E-state index contributed by atoms with van der Waals surface area (Å²) in [6.45, 7) is 7.88. The third-order valence-electron chi connectivity index (χ3n) is 3.17. The molecule has 6 nitrogen and oxygen atoms in total. The smallest absolute Gasteiger partial charge is 0.270 e. The summed E-state index contributed by atoms with van der Waals surface area (Å²) in [5.41, 5.74) is 0.961. The molecule has 0 unspecified atom stereocenters. The minimum Gasteiger partial charge on any atom is -0.384 e. The molecular formula is C15H23N3O3. The van der Waals surface area contributed by atoms with E-state index in [0.717, 1.165) is 19.4 Å². The Morgan fingerprint density at radius 1 is 1.29 bits per heavy atom. The van der Waals surface area contributed by atoms with Gasteiger partial charge in [-0.25, -0.2) is 0 Å². The number of hydrogen-bond donors (Lipinski definition) is 1. The highest BCUT2D eigenvalue weighted by Crippen LogP contribution is 2.24. The van der Waals surface area contributed by atoms with Crippen LogP contribution in [0.4, 0.5) is 11.4 Å². The first-order valence-electron chi connectivity index (χ1n) is 7.36. The van der Waals surface area contributed by atoms with Gasteiger partial charge in [0.2, 0.25) is 0 Å². The number of amides is 1.